The summed E-state index contributed by atoms with van der Waals surface area (Å²) >= 11 is 0. The van der Waals surface area contributed by atoms with E-state index >= 15 is 0 Å². The Hall–Kier alpha value is -3.74. The number of hydrogen-bond acceptors (Lipinski definition) is 4. The number of nitrogens with one attached hydrogen (secondary N) is 2. The number of benzene rings is 1. The van der Waals surface area contributed by atoms with E-state index in [-0.39, 0.29) is 23.1 Å². The van der Waals surface area contributed by atoms with Crippen LogP contribution in [0.15, 0.2) is 72.0 Å². The Kier molecular flexibility index (Phi) is 7.77. The largest absolute Gasteiger partial charge is 0.352 e. The van der Waals surface area contributed by atoms with Crippen LogP contribution in [0.25, 0.3) is 0 Å². The third-order valence-corrected chi connectivity index (χ3v) is 5.25. The van der Waals surface area contributed by atoms with Crippen molar-refractivity contribution in [1.82, 2.24) is 20.2 Å². The molecule has 3 aromatic rings. The van der Waals surface area contributed by atoms with Crippen molar-refractivity contribution in [2.45, 2.75) is 39.8 Å². The number of aromatic nitrogens is 2. The van der Waals surface area contributed by atoms with Gasteiger partial charge in [-0.05, 0) is 43.0 Å². The smallest absolute Gasteiger partial charge is 0.257 e. The van der Waals surface area contributed by atoms with Gasteiger partial charge < -0.3 is 15.2 Å². The zero-order valence-electron chi connectivity index (χ0n) is 19.4. The molecule has 172 valence electrons. The van der Waals surface area contributed by atoms with Crippen LogP contribution in [0.4, 0.5) is 0 Å². The zero-order valence-corrected chi connectivity index (χ0v) is 19.4. The van der Waals surface area contributed by atoms with E-state index in [9.17, 15) is 14.4 Å². The summed E-state index contributed by atoms with van der Waals surface area (Å²) in [4.78, 5) is 43.3. The molecule has 1 aromatic carbocycles. The Morgan fingerprint density at radius 1 is 0.879 bits per heavy atom. The lowest BCUT2D eigenvalue weighted by Crippen LogP contribution is -2.37. The summed E-state index contributed by atoms with van der Waals surface area (Å²) in [5.41, 5.74) is 0.992. The lowest BCUT2D eigenvalue weighted by atomic mass is 9.99. The van der Waals surface area contributed by atoms with Crippen molar-refractivity contribution >= 4 is 11.8 Å². The first-order valence-corrected chi connectivity index (χ1v) is 11.1. The molecule has 0 radical (unpaired) electrons. The number of carbonyl (C=O) groups is 2. The van der Waals surface area contributed by atoms with Crippen LogP contribution in [-0.4, -0.2) is 27.9 Å². The molecule has 2 heterocycles. The molecule has 1 atom stereocenters. The van der Waals surface area contributed by atoms with Gasteiger partial charge in [-0.3, -0.25) is 19.4 Å². The Morgan fingerprint density at radius 3 is 2.03 bits per heavy atom. The standard InChI is InChI=1S/C26H30N4O3/c1-17(2)14-28-25(32)21-15-30(18(3)4)16-22(24(21)31)26(33)29-23(19-8-6-5-7-9-19)20-10-12-27-13-11-20/h5-13,15-18,23H,14H2,1-4H3,(H,28,32)(H,29,33)/t23-/m1/s1. The highest BCUT2D eigenvalue weighted by Gasteiger charge is 2.23. The fraction of sp³-hybridized carbons (Fsp3) is 0.308. The predicted octanol–water partition coefficient (Wildman–Crippen LogP) is 3.73. The number of pyridine rings is 2. The second-order valence-electron chi connectivity index (χ2n) is 8.66. The van der Waals surface area contributed by atoms with E-state index < -0.39 is 23.3 Å². The van der Waals surface area contributed by atoms with Crippen LogP contribution in [0.1, 0.15) is 71.6 Å². The Labute approximate surface area is 193 Å². The molecule has 7 heteroatoms. The van der Waals surface area contributed by atoms with Gasteiger partial charge in [-0.15, -0.1) is 0 Å². The van der Waals surface area contributed by atoms with Crippen molar-refractivity contribution in [3.05, 3.63) is 99.7 Å². The summed E-state index contributed by atoms with van der Waals surface area (Å²) in [5.74, 6) is -0.787. The fourth-order valence-corrected chi connectivity index (χ4v) is 3.38. The quantitative estimate of drug-likeness (QED) is 0.551. The van der Waals surface area contributed by atoms with Gasteiger partial charge in [0.1, 0.15) is 11.1 Å². The average molecular weight is 447 g/mol. The lowest BCUT2D eigenvalue weighted by Gasteiger charge is -2.21. The SMILES string of the molecule is CC(C)CNC(=O)c1cn(C(C)C)cc(C(=O)N[C@H](c2ccccc2)c2ccncc2)c1=O. The molecule has 7 nitrogen and oxygen atoms in total. The molecule has 0 saturated heterocycles. The summed E-state index contributed by atoms with van der Waals surface area (Å²) in [5, 5.41) is 5.75. The number of rotatable bonds is 8. The van der Waals surface area contributed by atoms with Crippen LogP contribution in [0.3, 0.4) is 0 Å². The predicted molar refractivity (Wildman–Crippen MR) is 128 cm³/mol. The number of amides is 2. The van der Waals surface area contributed by atoms with E-state index in [0.717, 1.165) is 11.1 Å². The van der Waals surface area contributed by atoms with Gasteiger partial charge in [0.15, 0.2) is 0 Å². The van der Waals surface area contributed by atoms with E-state index in [0.29, 0.717) is 6.54 Å². The van der Waals surface area contributed by atoms with Crippen LogP contribution in [-0.2, 0) is 0 Å². The van der Waals surface area contributed by atoms with Gasteiger partial charge >= 0.3 is 0 Å². The third-order valence-electron chi connectivity index (χ3n) is 5.25. The highest BCUT2D eigenvalue weighted by atomic mass is 16.2. The highest BCUT2D eigenvalue weighted by Crippen LogP contribution is 2.22. The summed E-state index contributed by atoms with van der Waals surface area (Å²) < 4.78 is 1.71. The third kappa shape index (κ3) is 5.94. The molecule has 0 fully saturated rings. The molecule has 33 heavy (non-hydrogen) atoms. The summed E-state index contributed by atoms with van der Waals surface area (Å²) in [6.45, 7) is 8.23. The molecule has 0 saturated carbocycles. The van der Waals surface area contributed by atoms with E-state index in [1.165, 1.54) is 12.4 Å². The van der Waals surface area contributed by atoms with Crippen molar-refractivity contribution in [1.29, 1.82) is 0 Å². The molecular formula is C26H30N4O3. The molecule has 2 amide bonds. The molecule has 0 bridgehead atoms. The maximum absolute atomic E-state index is 13.4. The molecular weight excluding hydrogens is 416 g/mol. The van der Waals surface area contributed by atoms with E-state index in [1.54, 1.807) is 17.0 Å². The van der Waals surface area contributed by atoms with Crippen molar-refractivity contribution in [3.8, 4) is 0 Å². The minimum absolute atomic E-state index is 0.0427. The van der Waals surface area contributed by atoms with Gasteiger partial charge in [-0.1, -0.05) is 44.2 Å². The molecule has 2 aromatic heterocycles. The van der Waals surface area contributed by atoms with Gasteiger partial charge in [0.25, 0.3) is 11.8 Å². The summed E-state index contributed by atoms with van der Waals surface area (Å²) in [6, 6.07) is 12.6. The Bertz CT molecular complexity index is 1120. The number of hydrogen-bond donors (Lipinski definition) is 2. The lowest BCUT2D eigenvalue weighted by molar-refractivity contribution is 0.0940. The van der Waals surface area contributed by atoms with Gasteiger partial charge in [0.05, 0.1) is 6.04 Å². The van der Waals surface area contributed by atoms with E-state index in [1.807, 2.05) is 70.2 Å². The molecule has 0 aliphatic heterocycles. The Balaban J connectivity index is 2.01. The first kappa shape index (κ1) is 23.9. The van der Waals surface area contributed by atoms with Gasteiger partial charge in [-0.25, -0.2) is 0 Å². The molecule has 0 spiro atoms. The molecule has 0 aliphatic carbocycles. The van der Waals surface area contributed by atoms with Crippen LogP contribution in [0.2, 0.25) is 0 Å². The molecule has 0 unspecified atom stereocenters. The summed E-state index contributed by atoms with van der Waals surface area (Å²) in [7, 11) is 0. The zero-order chi connectivity index (χ0) is 24.0. The maximum Gasteiger partial charge on any atom is 0.257 e. The van der Waals surface area contributed by atoms with Crippen molar-refractivity contribution < 1.29 is 9.59 Å². The van der Waals surface area contributed by atoms with Crippen molar-refractivity contribution in [2.24, 2.45) is 5.92 Å². The monoisotopic (exact) mass is 446 g/mol. The van der Waals surface area contributed by atoms with E-state index in [2.05, 4.69) is 15.6 Å². The normalized spacial score (nSPS) is 11.9. The molecule has 3 rings (SSSR count). The van der Waals surface area contributed by atoms with Crippen molar-refractivity contribution in [2.75, 3.05) is 6.54 Å². The minimum atomic E-state index is -0.591. The first-order chi connectivity index (χ1) is 15.8. The number of nitrogens with zero attached hydrogens (tertiary/aromatic N) is 2. The molecule has 2 N–H and O–H groups in total. The van der Waals surface area contributed by atoms with Crippen LogP contribution < -0.4 is 16.1 Å². The first-order valence-electron chi connectivity index (χ1n) is 11.1. The van der Waals surface area contributed by atoms with Crippen LogP contribution in [0, 0.1) is 5.92 Å². The highest BCUT2D eigenvalue weighted by molar-refractivity contribution is 5.99. The fourth-order valence-electron chi connectivity index (χ4n) is 3.38. The second kappa shape index (κ2) is 10.7. The van der Waals surface area contributed by atoms with Crippen LogP contribution >= 0.6 is 0 Å². The van der Waals surface area contributed by atoms with Gasteiger partial charge in [-0.2, -0.15) is 0 Å². The topological polar surface area (TPSA) is 93.1 Å². The van der Waals surface area contributed by atoms with Gasteiger partial charge in [0, 0.05) is 37.4 Å². The van der Waals surface area contributed by atoms with Crippen molar-refractivity contribution in [3.63, 3.8) is 0 Å². The second-order valence-corrected chi connectivity index (χ2v) is 8.66. The molecule has 0 aliphatic rings. The van der Waals surface area contributed by atoms with E-state index in [4.69, 9.17) is 0 Å². The number of carbonyl (C=O) groups excluding carboxylic acids is 2. The summed E-state index contributed by atoms with van der Waals surface area (Å²) in [6.07, 6.45) is 6.33. The van der Waals surface area contributed by atoms with Crippen LogP contribution in [0.5, 0.6) is 0 Å². The maximum atomic E-state index is 13.4. The van der Waals surface area contributed by atoms with Gasteiger partial charge in [0.2, 0.25) is 5.43 Å². The average Bonchev–Trinajstić information content (AvgIpc) is 2.81. The minimum Gasteiger partial charge on any atom is -0.352 e. The Morgan fingerprint density at radius 2 is 1.45 bits per heavy atom.